The van der Waals surface area contributed by atoms with E-state index in [1.54, 1.807) is 6.07 Å². The van der Waals surface area contributed by atoms with Crippen molar-refractivity contribution in [2.45, 2.75) is 0 Å². The fraction of sp³-hybridized carbons (Fsp3) is 0. The zero-order chi connectivity index (χ0) is 13.8. The number of benzene rings is 1. The van der Waals surface area contributed by atoms with Gasteiger partial charge in [0.15, 0.2) is 11.4 Å². The number of hydrogen-bond donors (Lipinski definition) is 1. The van der Waals surface area contributed by atoms with Gasteiger partial charge in [0.1, 0.15) is 23.2 Å². The van der Waals surface area contributed by atoms with Gasteiger partial charge in [-0.25, -0.2) is 14.2 Å². The van der Waals surface area contributed by atoms with Crippen LogP contribution in [0.15, 0.2) is 36.5 Å². The minimum absolute atomic E-state index is 0.0110. The zero-order valence-corrected chi connectivity index (χ0v) is 9.50. The van der Waals surface area contributed by atoms with Crippen molar-refractivity contribution in [3.05, 3.63) is 53.6 Å². The van der Waals surface area contributed by atoms with Crippen LogP contribution in [0.2, 0.25) is 0 Å². The molecule has 0 aliphatic heterocycles. The first-order valence-electron chi connectivity index (χ1n) is 5.18. The van der Waals surface area contributed by atoms with Gasteiger partial charge in [-0.2, -0.15) is 5.26 Å². The number of aromatic carboxylic acids is 1. The molecule has 1 aromatic carbocycles. The van der Waals surface area contributed by atoms with E-state index in [4.69, 9.17) is 15.1 Å². The topological polar surface area (TPSA) is 83.2 Å². The van der Waals surface area contributed by atoms with Crippen molar-refractivity contribution < 1.29 is 19.0 Å². The van der Waals surface area contributed by atoms with Crippen LogP contribution in [0, 0.1) is 17.1 Å². The average molecular weight is 258 g/mol. The number of carboxylic acid groups (broad SMARTS) is 1. The van der Waals surface area contributed by atoms with Crippen LogP contribution in [0.25, 0.3) is 0 Å². The fourth-order valence-corrected chi connectivity index (χ4v) is 1.47. The highest BCUT2D eigenvalue weighted by Crippen LogP contribution is 2.28. The van der Waals surface area contributed by atoms with Gasteiger partial charge in [0, 0.05) is 6.20 Å². The van der Waals surface area contributed by atoms with Crippen LogP contribution in [0.4, 0.5) is 4.39 Å². The van der Waals surface area contributed by atoms with E-state index in [9.17, 15) is 9.18 Å². The Bertz CT molecular complexity index is 680. The number of pyridine rings is 1. The van der Waals surface area contributed by atoms with E-state index in [1.165, 1.54) is 30.5 Å². The van der Waals surface area contributed by atoms with Gasteiger partial charge in [-0.05, 0) is 24.3 Å². The molecule has 1 heterocycles. The smallest absolute Gasteiger partial charge is 0.342 e. The summed E-state index contributed by atoms with van der Waals surface area (Å²) in [7, 11) is 0. The molecular formula is C13H7FN2O3. The van der Waals surface area contributed by atoms with Gasteiger partial charge in [-0.1, -0.05) is 6.07 Å². The number of nitrogens with zero attached hydrogens (tertiary/aromatic N) is 2. The lowest BCUT2D eigenvalue weighted by molar-refractivity contribution is 0.0689. The second kappa shape index (κ2) is 5.14. The fourth-order valence-electron chi connectivity index (χ4n) is 1.47. The second-order valence-corrected chi connectivity index (χ2v) is 3.48. The maximum absolute atomic E-state index is 13.4. The highest BCUT2D eigenvalue weighted by Gasteiger charge is 2.18. The molecule has 1 aromatic heterocycles. The van der Waals surface area contributed by atoms with Crippen molar-refractivity contribution in [2.24, 2.45) is 0 Å². The summed E-state index contributed by atoms with van der Waals surface area (Å²) in [5, 5.41) is 17.8. The summed E-state index contributed by atoms with van der Waals surface area (Å²) in [4.78, 5) is 14.7. The van der Waals surface area contributed by atoms with E-state index >= 15 is 0 Å². The molecule has 6 heteroatoms. The molecule has 0 fully saturated rings. The maximum Gasteiger partial charge on any atom is 0.342 e. The van der Waals surface area contributed by atoms with Crippen LogP contribution in [-0.2, 0) is 0 Å². The Labute approximate surface area is 107 Å². The molecule has 0 saturated heterocycles. The molecule has 0 saturated carbocycles. The van der Waals surface area contributed by atoms with Gasteiger partial charge in [0.2, 0.25) is 0 Å². The molecule has 0 spiro atoms. The predicted molar refractivity (Wildman–Crippen MR) is 62.4 cm³/mol. The standard InChI is InChI=1S/C13H7FN2O3/c14-8-3-1-4-11(12(8)13(17)18)19-10-5-2-6-16-9(10)7-15/h1-6H,(H,17,18). The van der Waals surface area contributed by atoms with Crippen molar-refractivity contribution >= 4 is 5.97 Å². The molecule has 0 aliphatic rings. The third-order valence-corrected chi connectivity index (χ3v) is 2.29. The molecule has 0 unspecified atom stereocenters. The third-order valence-electron chi connectivity index (χ3n) is 2.29. The minimum Gasteiger partial charge on any atom is -0.477 e. The largest absolute Gasteiger partial charge is 0.477 e. The van der Waals surface area contributed by atoms with Crippen LogP contribution in [0.1, 0.15) is 16.1 Å². The summed E-state index contributed by atoms with van der Waals surface area (Å²) < 4.78 is 18.7. The Morgan fingerprint density at radius 2 is 2.05 bits per heavy atom. The first-order chi connectivity index (χ1) is 9.13. The normalized spacial score (nSPS) is 9.68. The Morgan fingerprint density at radius 1 is 1.32 bits per heavy atom. The van der Waals surface area contributed by atoms with Crippen LogP contribution >= 0.6 is 0 Å². The van der Waals surface area contributed by atoms with Gasteiger partial charge in [-0.3, -0.25) is 0 Å². The molecule has 5 nitrogen and oxygen atoms in total. The van der Waals surface area contributed by atoms with Crippen LogP contribution in [0.3, 0.4) is 0 Å². The number of aromatic nitrogens is 1. The van der Waals surface area contributed by atoms with Crippen LogP contribution in [0.5, 0.6) is 11.5 Å². The number of nitriles is 1. The Hall–Kier alpha value is -2.94. The first kappa shape index (κ1) is 12.5. The van der Waals surface area contributed by atoms with E-state index in [0.717, 1.165) is 6.07 Å². The van der Waals surface area contributed by atoms with Gasteiger partial charge in [0.25, 0.3) is 0 Å². The van der Waals surface area contributed by atoms with Crippen molar-refractivity contribution in [2.75, 3.05) is 0 Å². The Balaban J connectivity index is 2.48. The maximum atomic E-state index is 13.4. The predicted octanol–water partition coefficient (Wildman–Crippen LogP) is 2.58. The van der Waals surface area contributed by atoms with Crippen molar-refractivity contribution in [1.82, 2.24) is 4.98 Å². The number of ether oxygens (including phenoxy) is 1. The number of carbonyl (C=O) groups is 1. The SMILES string of the molecule is N#Cc1ncccc1Oc1cccc(F)c1C(=O)O. The van der Waals surface area contributed by atoms with E-state index < -0.39 is 17.3 Å². The molecule has 0 atom stereocenters. The van der Waals surface area contributed by atoms with Crippen LogP contribution in [-0.4, -0.2) is 16.1 Å². The summed E-state index contributed by atoms with van der Waals surface area (Å²) in [6.45, 7) is 0. The van der Waals surface area contributed by atoms with Crippen LogP contribution < -0.4 is 4.74 Å². The molecule has 2 rings (SSSR count). The summed E-state index contributed by atoms with van der Waals surface area (Å²) >= 11 is 0. The summed E-state index contributed by atoms with van der Waals surface area (Å²) in [5.74, 6) is -2.47. The van der Waals surface area contributed by atoms with Crippen molar-refractivity contribution in [3.63, 3.8) is 0 Å². The lowest BCUT2D eigenvalue weighted by atomic mass is 10.2. The minimum atomic E-state index is -1.45. The highest BCUT2D eigenvalue weighted by molar-refractivity contribution is 5.91. The zero-order valence-electron chi connectivity index (χ0n) is 9.50. The van der Waals surface area contributed by atoms with Crippen molar-refractivity contribution in [1.29, 1.82) is 5.26 Å². The lowest BCUT2D eigenvalue weighted by Gasteiger charge is -2.09. The first-order valence-corrected chi connectivity index (χ1v) is 5.18. The van der Waals surface area contributed by atoms with Gasteiger partial charge in [0.05, 0.1) is 0 Å². The lowest BCUT2D eigenvalue weighted by Crippen LogP contribution is -2.04. The molecule has 0 aliphatic carbocycles. The summed E-state index contributed by atoms with van der Waals surface area (Å²) in [6, 6.07) is 8.42. The molecule has 1 N–H and O–H groups in total. The third kappa shape index (κ3) is 2.50. The molecular weight excluding hydrogens is 251 g/mol. The Kier molecular flexibility index (Phi) is 3.39. The van der Waals surface area contributed by atoms with E-state index in [1.807, 2.05) is 0 Å². The Morgan fingerprint density at radius 3 is 2.74 bits per heavy atom. The molecule has 0 radical (unpaired) electrons. The van der Waals surface area contributed by atoms with E-state index in [2.05, 4.69) is 4.98 Å². The highest BCUT2D eigenvalue weighted by atomic mass is 19.1. The molecule has 2 aromatic rings. The quantitative estimate of drug-likeness (QED) is 0.914. The number of halogens is 1. The molecule has 94 valence electrons. The van der Waals surface area contributed by atoms with Gasteiger partial charge in [-0.15, -0.1) is 0 Å². The number of hydrogen-bond acceptors (Lipinski definition) is 4. The average Bonchev–Trinajstić information content (AvgIpc) is 2.39. The second-order valence-electron chi connectivity index (χ2n) is 3.48. The van der Waals surface area contributed by atoms with Gasteiger partial charge >= 0.3 is 5.97 Å². The summed E-state index contributed by atoms with van der Waals surface area (Å²) in [5.41, 5.74) is -0.599. The number of carboxylic acids is 1. The molecule has 0 bridgehead atoms. The van der Waals surface area contributed by atoms with E-state index in [0.29, 0.717) is 0 Å². The molecule has 19 heavy (non-hydrogen) atoms. The van der Waals surface area contributed by atoms with E-state index in [-0.39, 0.29) is 17.2 Å². The van der Waals surface area contributed by atoms with Crippen molar-refractivity contribution in [3.8, 4) is 17.6 Å². The summed E-state index contributed by atoms with van der Waals surface area (Å²) in [6.07, 6.45) is 1.40. The monoisotopic (exact) mass is 258 g/mol. The molecule has 0 amide bonds. The number of rotatable bonds is 3. The van der Waals surface area contributed by atoms with Gasteiger partial charge < -0.3 is 9.84 Å².